The summed E-state index contributed by atoms with van der Waals surface area (Å²) < 4.78 is 18.5. The van der Waals surface area contributed by atoms with Crippen LogP contribution in [-0.2, 0) is 0 Å². The summed E-state index contributed by atoms with van der Waals surface area (Å²) >= 11 is 0. The Labute approximate surface area is 95.8 Å². The molecule has 0 aliphatic heterocycles. The van der Waals surface area contributed by atoms with E-state index >= 15 is 0 Å². The second-order valence-electron chi connectivity index (χ2n) is 4.36. The molecule has 1 aliphatic carbocycles. The summed E-state index contributed by atoms with van der Waals surface area (Å²) in [6.07, 6.45) is 2.67. The molecule has 88 valence electrons. The third-order valence-corrected chi connectivity index (χ3v) is 2.99. The average Bonchev–Trinajstić information content (AvgIpc) is 3.10. The van der Waals surface area contributed by atoms with Crippen LogP contribution in [0.5, 0.6) is 5.75 Å². The maximum absolute atomic E-state index is 13.2. The lowest BCUT2D eigenvalue weighted by atomic mass is 10.2. The van der Waals surface area contributed by atoms with E-state index in [1.165, 1.54) is 18.9 Å². The zero-order chi connectivity index (χ0) is 11.4. The molecule has 1 aromatic carbocycles. The Morgan fingerprint density at radius 3 is 2.88 bits per heavy atom. The first-order chi connectivity index (χ1) is 7.77. The van der Waals surface area contributed by atoms with Crippen LogP contribution in [0.3, 0.4) is 0 Å². The van der Waals surface area contributed by atoms with Gasteiger partial charge in [0.25, 0.3) is 0 Å². The summed E-state index contributed by atoms with van der Waals surface area (Å²) in [6.45, 7) is 3.48. The van der Waals surface area contributed by atoms with E-state index in [9.17, 15) is 4.39 Å². The van der Waals surface area contributed by atoms with Crippen LogP contribution in [0.25, 0.3) is 0 Å². The van der Waals surface area contributed by atoms with Crippen LogP contribution < -0.4 is 10.1 Å². The Bertz CT molecular complexity index is 338. The largest absolute Gasteiger partial charge is 0.489 e. The van der Waals surface area contributed by atoms with Crippen molar-refractivity contribution in [1.82, 2.24) is 5.32 Å². The van der Waals surface area contributed by atoms with Crippen LogP contribution in [-0.4, -0.2) is 19.2 Å². The highest BCUT2D eigenvalue weighted by atomic mass is 19.1. The number of nitrogens with one attached hydrogen (secondary N) is 1. The highest BCUT2D eigenvalue weighted by Crippen LogP contribution is 2.32. The van der Waals surface area contributed by atoms with Crippen molar-refractivity contribution in [3.63, 3.8) is 0 Å². The van der Waals surface area contributed by atoms with Crippen LogP contribution in [0.15, 0.2) is 24.3 Å². The van der Waals surface area contributed by atoms with E-state index < -0.39 is 0 Å². The molecule has 1 N–H and O–H groups in total. The Balaban J connectivity index is 1.66. The maximum Gasteiger partial charge on any atom is 0.165 e. The topological polar surface area (TPSA) is 21.3 Å². The number of rotatable bonds is 6. The Kier molecular flexibility index (Phi) is 3.78. The van der Waals surface area contributed by atoms with Crippen molar-refractivity contribution in [3.05, 3.63) is 30.1 Å². The Morgan fingerprint density at radius 2 is 2.19 bits per heavy atom. The minimum atomic E-state index is -0.294. The first-order valence-electron chi connectivity index (χ1n) is 5.88. The molecule has 1 saturated carbocycles. The van der Waals surface area contributed by atoms with Crippen molar-refractivity contribution in [2.24, 2.45) is 5.92 Å². The minimum Gasteiger partial charge on any atom is -0.489 e. The van der Waals surface area contributed by atoms with Crippen molar-refractivity contribution in [2.75, 3.05) is 13.2 Å². The highest BCUT2D eigenvalue weighted by Gasteiger charge is 2.27. The number of ether oxygens (including phenoxy) is 1. The van der Waals surface area contributed by atoms with E-state index in [1.807, 2.05) is 0 Å². The van der Waals surface area contributed by atoms with Gasteiger partial charge in [-0.15, -0.1) is 0 Å². The molecule has 2 nitrogen and oxygen atoms in total. The molecular formula is C13H18FNO. The molecule has 0 aromatic heterocycles. The predicted octanol–water partition coefficient (Wildman–Crippen LogP) is 2.59. The Morgan fingerprint density at radius 1 is 1.44 bits per heavy atom. The molecule has 0 bridgehead atoms. The lowest BCUT2D eigenvalue weighted by Crippen LogP contribution is -2.31. The highest BCUT2D eigenvalue weighted by molar-refractivity contribution is 5.23. The van der Waals surface area contributed by atoms with Crippen molar-refractivity contribution >= 4 is 0 Å². The number of para-hydroxylation sites is 1. The second-order valence-corrected chi connectivity index (χ2v) is 4.36. The fraction of sp³-hybridized carbons (Fsp3) is 0.538. The SMILES string of the molecule is CC(NCCOc1ccccc1F)C1CC1. The fourth-order valence-electron chi connectivity index (χ4n) is 1.77. The lowest BCUT2D eigenvalue weighted by molar-refractivity contribution is 0.290. The van der Waals surface area contributed by atoms with Gasteiger partial charge in [0.15, 0.2) is 11.6 Å². The van der Waals surface area contributed by atoms with Gasteiger partial charge < -0.3 is 10.1 Å². The van der Waals surface area contributed by atoms with E-state index in [0.29, 0.717) is 18.4 Å². The third-order valence-electron chi connectivity index (χ3n) is 2.99. The first-order valence-corrected chi connectivity index (χ1v) is 5.88. The number of hydrogen-bond acceptors (Lipinski definition) is 2. The summed E-state index contributed by atoms with van der Waals surface area (Å²) in [5, 5.41) is 3.39. The van der Waals surface area contributed by atoms with Gasteiger partial charge in [0.1, 0.15) is 6.61 Å². The summed E-state index contributed by atoms with van der Waals surface area (Å²) in [4.78, 5) is 0. The number of hydrogen-bond donors (Lipinski definition) is 1. The van der Waals surface area contributed by atoms with Crippen molar-refractivity contribution in [1.29, 1.82) is 0 Å². The maximum atomic E-state index is 13.2. The van der Waals surface area contributed by atoms with Gasteiger partial charge in [0, 0.05) is 12.6 Å². The van der Waals surface area contributed by atoms with Gasteiger partial charge in [0.2, 0.25) is 0 Å². The molecule has 1 atom stereocenters. The fourth-order valence-corrected chi connectivity index (χ4v) is 1.77. The summed E-state index contributed by atoms with van der Waals surface area (Å²) in [7, 11) is 0. The predicted molar refractivity (Wildman–Crippen MR) is 62.1 cm³/mol. The number of benzene rings is 1. The monoisotopic (exact) mass is 223 g/mol. The van der Waals surface area contributed by atoms with Crippen LogP contribution in [0.4, 0.5) is 4.39 Å². The molecule has 1 unspecified atom stereocenters. The first kappa shape index (κ1) is 11.4. The van der Waals surface area contributed by atoms with Gasteiger partial charge in [0.05, 0.1) is 0 Å². The quantitative estimate of drug-likeness (QED) is 0.748. The molecule has 1 aromatic rings. The summed E-state index contributed by atoms with van der Waals surface area (Å²) in [5.74, 6) is 0.884. The van der Waals surface area contributed by atoms with E-state index in [2.05, 4.69) is 12.2 Å². The molecule has 0 saturated heterocycles. The van der Waals surface area contributed by atoms with Gasteiger partial charge >= 0.3 is 0 Å². The zero-order valence-corrected chi connectivity index (χ0v) is 9.58. The molecule has 0 radical (unpaired) electrons. The van der Waals surface area contributed by atoms with Gasteiger partial charge in [-0.1, -0.05) is 12.1 Å². The van der Waals surface area contributed by atoms with Crippen LogP contribution >= 0.6 is 0 Å². The van der Waals surface area contributed by atoms with E-state index in [-0.39, 0.29) is 5.82 Å². The number of halogens is 1. The molecule has 3 heteroatoms. The van der Waals surface area contributed by atoms with Gasteiger partial charge in [-0.25, -0.2) is 4.39 Å². The standard InChI is InChI=1S/C13H18FNO/c1-10(11-6-7-11)15-8-9-16-13-5-3-2-4-12(13)14/h2-5,10-11,15H,6-9H2,1H3. The smallest absolute Gasteiger partial charge is 0.165 e. The van der Waals surface area contributed by atoms with Crippen molar-refractivity contribution in [2.45, 2.75) is 25.8 Å². The van der Waals surface area contributed by atoms with Crippen LogP contribution in [0.2, 0.25) is 0 Å². The van der Waals surface area contributed by atoms with Gasteiger partial charge in [-0.2, -0.15) is 0 Å². The summed E-state index contributed by atoms with van der Waals surface area (Å²) in [6, 6.07) is 7.06. The molecule has 0 heterocycles. The molecule has 1 aliphatic rings. The Hall–Kier alpha value is -1.09. The van der Waals surface area contributed by atoms with E-state index in [1.54, 1.807) is 18.2 Å². The molecule has 0 amide bonds. The molecule has 16 heavy (non-hydrogen) atoms. The van der Waals surface area contributed by atoms with E-state index in [4.69, 9.17) is 4.74 Å². The minimum absolute atomic E-state index is 0.294. The molecular weight excluding hydrogens is 205 g/mol. The van der Waals surface area contributed by atoms with E-state index in [0.717, 1.165) is 12.5 Å². The zero-order valence-electron chi connectivity index (χ0n) is 9.58. The molecule has 2 rings (SSSR count). The van der Waals surface area contributed by atoms with Crippen LogP contribution in [0.1, 0.15) is 19.8 Å². The van der Waals surface area contributed by atoms with Gasteiger partial charge in [-0.05, 0) is 37.8 Å². The van der Waals surface area contributed by atoms with Crippen molar-refractivity contribution in [3.8, 4) is 5.75 Å². The second kappa shape index (κ2) is 5.30. The van der Waals surface area contributed by atoms with Crippen LogP contribution in [0, 0.1) is 11.7 Å². The average molecular weight is 223 g/mol. The van der Waals surface area contributed by atoms with Crippen molar-refractivity contribution < 1.29 is 9.13 Å². The molecule has 0 spiro atoms. The lowest BCUT2D eigenvalue weighted by Gasteiger charge is -2.13. The summed E-state index contributed by atoms with van der Waals surface area (Å²) in [5.41, 5.74) is 0. The third kappa shape index (κ3) is 3.20. The normalized spacial score (nSPS) is 17.1. The molecule has 1 fully saturated rings. The van der Waals surface area contributed by atoms with Gasteiger partial charge in [-0.3, -0.25) is 0 Å².